The molecule has 2 amide bonds. The van der Waals surface area contributed by atoms with Crippen molar-refractivity contribution in [2.45, 2.75) is 36.8 Å². The van der Waals surface area contributed by atoms with Crippen LogP contribution in [0.1, 0.15) is 30.7 Å². The summed E-state index contributed by atoms with van der Waals surface area (Å²) < 4.78 is 0. The largest absolute Gasteiger partial charge is 0.373 e. The molecular weight excluding hydrogens is 340 g/mol. The number of anilines is 1. The Bertz CT molecular complexity index is 797. The van der Waals surface area contributed by atoms with Crippen molar-refractivity contribution in [3.8, 4) is 0 Å². The molecule has 6 nitrogen and oxygen atoms in total. The topological polar surface area (TPSA) is 73.5 Å². The van der Waals surface area contributed by atoms with Crippen molar-refractivity contribution in [1.82, 2.24) is 15.5 Å². The molecular formula is C21H26N4O2. The summed E-state index contributed by atoms with van der Waals surface area (Å²) in [5.74, 6) is 0.859. The van der Waals surface area contributed by atoms with Gasteiger partial charge in [-0.25, -0.2) is 0 Å². The van der Waals surface area contributed by atoms with E-state index in [1.54, 1.807) is 0 Å². The van der Waals surface area contributed by atoms with Gasteiger partial charge in [0.2, 0.25) is 11.8 Å². The molecule has 1 aliphatic carbocycles. The maximum Gasteiger partial charge on any atom is 0.245 e. The molecule has 0 saturated carbocycles. The average molecular weight is 366 g/mol. The first-order valence-corrected chi connectivity index (χ1v) is 10.0. The van der Waals surface area contributed by atoms with Crippen LogP contribution in [0.2, 0.25) is 0 Å². The second kappa shape index (κ2) is 6.37. The summed E-state index contributed by atoms with van der Waals surface area (Å²) in [5, 5.41) is 9.88. The standard InChI is InChI=1S/C21H26N4O2/c26-19(25-12-8-21(9-13-25)20(27)22-10-11-23-21)18-16-6-3-5-14(16)15-4-1-2-7-17(15)24-18/h1-5,7,14,16,18,23-24H,6,8-13H2,(H,22,27). The van der Waals surface area contributed by atoms with E-state index < -0.39 is 5.54 Å². The van der Waals surface area contributed by atoms with E-state index in [-0.39, 0.29) is 23.8 Å². The highest BCUT2D eigenvalue weighted by Gasteiger charge is 2.46. The fourth-order valence-electron chi connectivity index (χ4n) is 5.22. The Morgan fingerprint density at radius 2 is 1.96 bits per heavy atom. The Balaban J connectivity index is 1.33. The minimum atomic E-state index is -0.487. The van der Waals surface area contributed by atoms with E-state index in [0.29, 0.717) is 38.4 Å². The van der Waals surface area contributed by atoms with Crippen molar-refractivity contribution in [1.29, 1.82) is 0 Å². The van der Waals surface area contributed by atoms with Gasteiger partial charge >= 0.3 is 0 Å². The van der Waals surface area contributed by atoms with E-state index in [1.165, 1.54) is 5.56 Å². The summed E-state index contributed by atoms with van der Waals surface area (Å²) >= 11 is 0. The summed E-state index contributed by atoms with van der Waals surface area (Å²) in [4.78, 5) is 27.7. The van der Waals surface area contributed by atoms with Gasteiger partial charge in [0.15, 0.2) is 0 Å². The fourth-order valence-corrected chi connectivity index (χ4v) is 5.22. The molecule has 0 aromatic heterocycles. The van der Waals surface area contributed by atoms with E-state index in [1.807, 2.05) is 11.0 Å². The van der Waals surface area contributed by atoms with E-state index in [4.69, 9.17) is 0 Å². The molecule has 0 bridgehead atoms. The number of hydrogen-bond acceptors (Lipinski definition) is 4. The number of para-hydroxylation sites is 1. The number of carbonyl (C=O) groups is 2. The second-order valence-electron chi connectivity index (χ2n) is 8.15. The molecule has 6 heteroatoms. The number of rotatable bonds is 1. The zero-order valence-electron chi connectivity index (χ0n) is 15.4. The number of likely N-dealkylation sites (tertiary alicyclic amines) is 1. The lowest BCUT2D eigenvalue weighted by Crippen LogP contribution is -2.67. The van der Waals surface area contributed by atoms with Crippen LogP contribution in [0.3, 0.4) is 0 Å². The van der Waals surface area contributed by atoms with Crippen molar-refractivity contribution in [3.63, 3.8) is 0 Å². The van der Waals surface area contributed by atoms with Gasteiger partial charge in [0.1, 0.15) is 11.6 Å². The van der Waals surface area contributed by atoms with Gasteiger partial charge in [-0.1, -0.05) is 30.4 Å². The molecule has 0 radical (unpaired) electrons. The maximum absolute atomic E-state index is 13.4. The first-order chi connectivity index (χ1) is 13.2. The quantitative estimate of drug-likeness (QED) is 0.654. The summed E-state index contributed by atoms with van der Waals surface area (Å²) in [6, 6.07) is 8.12. The van der Waals surface area contributed by atoms with Crippen molar-refractivity contribution in [2.75, 3.05) is 31.5 Å². The predicted octanol–water partition coefficient (Wildman–Crippen LogP) is 1.22. The van der Waals surface area contributed by atoms with Gasteiger partial charge in [0, 0.05) is 43.7 Å². The number of piperazine rings is 1. The molecule has 3 aliphatic heterocycles. The molecule has 4 aliphatic rings. The highest BCUT2D eigenvalue weighted by Crippen LogP contribution is 2.45. The predicted molar refractivity (Wildman–Crippen MR) is 103 cm³/mol. The third-order valence-electron chi connectivity index (χ3n) is 6.78. The van der Waals surface area contributed by atoms with Gasteiger partial charge in [-0.3, -0.25) is 9.59 Å². The lowest BCUT2D eigenvalue weighted by molar-refractivity contribution is -0.139. The number of allylic oxidation sites excluding steroid dienone is 2. The van der Waals surface area contributed by atoms with Crippen molar-refractivity contribution in [3.05, 3.63) is 42.0 Å². The Morgan fingerprint density at radius 1 is 1.15 bits per heavy atom. The van der Waals surface area contributed by atoms with Crippen LogP contribution in [0.15, 0.2) is 36.4 Å². The van der Waals surface area contributed by atoms with Gasteiger partial charge in [0.25, 0.3) is 0 Å². The first-order valence-electron chi connectivity index (χ1n) is 10.0. The van der Waals surface area contributed by atoms with Gasteiger partial charge in [-0.15, -0.1) is 0 Å². The monoisotopic (exact) mass is 366 g/mol. The van der Waals surface area contributed by atoms with E-state index >= 15 is 0 Å². The maximum atomic E-state index is 13.4. The van der Waals surface area contributed by atoms with Crippen molar-refractivity contribution >= 4 is 17.5 Å². The molecule has 1 aromatic rings. The van der Waals surface area contributed by atoms with Crippen LogP contribution in [0, 0.1) is 5.92 Å². The molecule has 2 fully saturated rings. The highest BCUT2D eigenvalue weighted by molar-refractivity contribution is 5.89. The van der Waals surface area contributed by atoms with Crippen LogP contribution in [0.5, 0.6) is 0 Å². The summed E-state index contributed by atoms with van der Waals surface area (Å²) in [6.45, 7) is 2.74. The number of benzene rings is 1. The van der Waals surface area contributed by atoms with Crippen LogP contribution in [-0.2, 0) is 9.59 Å². The third-order valence-corrected chi connectivity index (χ3v) is 6.78. The molecule has 27 heavy (non-hydrogen) atoms. The number of piperidine rings is 1. The Kier molecular flexibility index (Phi) is 3.97. The second-order valence-corrected chi connectivity index (χ2v) is 8.15. The molecule has 3 N–H and O–H groups in total. The third kappa shape index (κ3) is 2.65. The van der Waals surface area contributed by atoms with Crippen molar-refractivity contribution in [2.24, 2.45) is 5.92 Å². The minimum Gasteiger partial charge on any atom is -0.373 e. The average Bonchev–Trinajstić information content (AvgIpc) is 3.20. The zero-order chi connectivity index (χ0) is 18.4. The molecule has 3 heterocycles. The number of amides is 2. The van der Waals surface area contributed by atoms with E-state index in [0.717, 1.165) is 18.7 Å². The zero-order valence-corrected chi connectivity index (χ0v) is 15.4. The van der Waals surface area contributed by atoms with Gasteiger partial charge in [-0.05, 0) is 30.9 Å². The Hall–Kier alpha value is -2.34. The Morgan fingerprint density at radius 3 is 2.78 bits per heavy atom. The summed E-state index contributed by atoms with van der Waals surface area (Å²) in [6.07, 6.45) is 6.76. The number of nitrogens with zero attached hydrogens (tertiary/aromatic N) is 1. The molecule has 5 rings (SSSR count). The lowest BCUT2D eigenvalue weighted by atomic mass is 9.78. The molecule has 142 valence electrons. The smallest absolute Gasteiger partial charge is 0.245 e. The number of carbonyl (C=O) groups excluding carboxylic acids is 2. The van der Waals surface area contributed by atoms with Crippen LogP contribution in [-0.4, -0.2) is 54.5 Å². The van der Waals surface area contributed by atoms with Crippen LogP contribution < -0.4 is 16.0 Å². The molecule has 2 saturated heterocycles. The van der Waals surface area contributed by atoms with E-state index in [9.17, 15) is 9.59 Å². The molecule has 1 aromatic carbocycles. The summed E-state index contributed by atoms with van der Waals surface area (Å²) in [7, 11) is 0. The molecule has 3 atom stereocenters. The minimum absolute atomic E-state index is 0.0885. The van der Waals surface area contributed by atoms with Gasteiger partial charge in [-0.2, -0.15) is 0 Å². The highest BCUT2D eigenvalue weighted by atomic mass is 16.2. The number of hydrogen-bond donors (Lipinski definition) is 3. The van der Waals surface area contributed by atoms with E-state index in [2.05, 4.69) is 46.3 Å². The Labute approximate surface area is 159 Å². The van der Waals surface area contributed by atoms with Crippen molar-refractivity contribution < 1.29 is 9.59 Å². The molecule has 3 unspecified atom stereocenters. The van der Waals surface area contributed by atoms with Gasteiger partial charge < -0.3 is 20.9 Å². The fraction of sp³-hybridized carbons (Fsp3) is 0.524. The van der Waals surface area contributed by atoms with Crippen LogP contribution in [0.4, 0.5) is 5.69 Å². The molecule has 1 spiro atoms. The SMILES string of the molecule is O=C(C1Nc2ccccc2C2C=CCC12)N1CCC2(CC1)NCCNC2=O. The van der Waals surface area contributed by atoms with Crippen LogP contribution >= 0.6 is 0 Å². The first kappa shape index (κ1) is 16.8. The van der Waals surface area contributed by atoms with Crippen LogP contribution in [0.25, 0.3) is 0 Å². The van der Waals surface area contributed by atoms with Gasteiger partial charge in [0.05, 0.1) is 0 Å². The summed E-state index contributed by atoms with van der Waals surface area (Å²) in [5.41, 5.74) is 1.88. The number of nitrogens with one attached hydrogen (secondary N) is 3. The lowest BCUT2D eigenvalue weighted by Gasteiger charge is -2.45. The normalized spacial score (nSPS) is 31.0. The number of fused-ring (bicyclic) bond motifs is 3.